The number of fused-ring (bicyclic) bond motifs is 1. The highest BCUT2D eigenvalue weighted by Gasteiger charge is 2.25. The molecule has 1 unspecified atom stereocenters. The molecule has 3 rings (SSSR count). The Hall–Kier alpha value is -2.72. The van der Waals surface area contributed by atoms with E-state index in [0.717, 1.165) is 4.90 Å². The molecule has 0 saturated carbocycles. The third-order valence-corrected chi connectivity index (χ3v) is 7.37. The first kappa shape index (κ1) is 22.0. The highest BCUT2D eigenvalue weighted by molar-refractivity contribution is 8.01. The summed E-state index contributed by atoms with van der Waals surface area (Å²) in [6, 6.07) is 9.49. The van der Waals surface area contributed by atoms with Gasteiger partial charge in [-0.3, -0.25) is 9.59 Å². The van der Waals surface area contributed by atoms with Crippen LogP contribution in [-0.2, 0) is 19.4 Å². The number of methoxy groups -OCH3 is 2. The number of anilines is 2. The van der Waals surface area contributed by atoms with Crippen molar-refractivity contribution in [3.63, 3.8) is 0 Å². The van der Waals surface area contributed by atoms with Crippen molar-refractivity contribution in [1.82, 2.24) is 0 Å². The third kappa shape index (κ3) is 5.06. The topological polar surface area (TPSA) is 111 Å². The van der Waals surface area contributed by atoms with Crippen LogP contribution in [0.2, 0.25) is 0 Å². The first-order valence-electron chi connectivity index (χ1n) is 9.09. The molecule has 2 amide bonds. The molecule has 1 aliphatic heterocycles. The first-order chi connectivity index (χ1) is 14.2. The highest BCUT2D eigenvalue weighted by atomic mass is 32.2. The number of thioether (sulfide) groups is 1. The number of carbonyl (C=O) groups excluding carboxylic acids is 2. The normalized spacial score (nSPS) is 15.7. The lowest BCUT2D eigenvalue weighted by molar-refractivity contribution is -0.116. The Morgan fingerprint density at radius 2 is 1.80 bits per heavy atom. The third-order valence-electron chi connectivity index (χ3n) is 4.47. The van der Waals surface area contributed by atoms with Crippen molar-refractivity contribution in [1.29, 1.82) is 0 Å². The summed E-state index contributed by atoms with van der Waals surface area (Å²) >= 11 is 1.37. The van der Waals surface area contributed by atoms with Crippen LogP contribution in [0.1, 0.15) is 13.3 Å². The molecule has 0 aromatic heterocycles. The van der Waals surface area contributed by atoms with E-state index in [4.69, 9.17) is 9.47 Å². The van der Waals surface area contributed by atoms with Gasteiger partial charge in [-0.2, -0.15) is 0 Å². The van der Waals surface area contributed by atoms with Gasteiger partial charge in [-0.1, -0.05) is 0 Å². The molecule has 2 N–H and O–H groups in total. The van der Waals surface area contributed by atoms with Crippen LogP contribution in [0.25, 0.3) is 0 Å². The first-order valence-corrected chi connectivity index (χ1v) is 11.6. The van der Waals surface area contributed by atoms with Crippen molar-refractivity contribution in [2.75, 3.05) is 30.6 Å². The Balaban J connectivity index is 1.67. The molecular formula is C20H22N2O6S2. The number of amides is 2. The summed E-state index contributed by atoms with van der Waals surface area (Å²) in [4.78, 5) is 25.0. The molecule has 1 atom stereocenters. The van der Waals surface area contributed by atoms with Gasteiger partial charge in [-0.15, -0.1) is 11.8 Å². The maximum Gasteiger partial charge on any atom is 0.237 e. The number of rotatable bonds is 7. The van der Waals surface area contributed by atoms with Crippen LogP contribution in [0.4, 0.5) is 11.4 Å². The number of hydrogen-bond acceptors (Lipinski definition) is 7. The van der Waals surface area contributed by atoms with Gasteiger partial charge in [0.05, 0.1) is 35.8 Å². The van der Waals surface area contributed by atoms with Crippen LogP contribution >= 0.6 is 11.8 Å². The Morgan fingerprint density at radius 1 is 1.13 bits per heavy atom. The van der Waals surface area contributed by atoms with E-state index in [0.29, 0.717) is 22.9 Å². The minimum absolute atomic E-state index is 0.0625. The van der Waals surface area contributed by atoms with Crippen LogP contribution in [-0.4, -0.2) is 45.5 Å². The molecule has 30 heavy (non-hydrogen) atoms. The molecule has 1 heterocycles. The van der Waals surface area contributed by atoms with E-state index in [2.05, 4.69) is 10.6 Å². The molecule has 0 aliphatic carbocycles. The van der Waals surface area contributed by atoms with Crippen molar-refractivity contribution >= 4 is 44.8 Å². The summed E-state index contributed by atoms with van der Waals surface area (Å²) in [6.45, 7) is 1.78. The monoisotopic (exact) mass is 450 g/mol. The fourth-order valence-electron chi connectivity index (χ4n) is 2.83. The van der Waals surface area contributed by atoms with Gasteiger partial charge in [-0.25, -0.2) is 8.42 Å². The average Bonchev–Trinajstić information content (AvgIpc) is 2.72. The zero-order valence-corrected chi connectivity index (χ0v) is 18.4. The Labute approximate surface area is 179 Å². The van der Waals surface area contributed by atoms with Crippen molar-refractivity contribution in [3.8, 4) is 11.5 Å². The molecule has 0 spiro atoms. The molecule has 0 radical (unpaired) electrons. The number of carbonyl (C=O) groups is 2. The second-order valence-corrected chi connectivity index (χ2v) is 10.1. The summed E-state index contributed by atoms with van der Waals surface area (Å²) in [5, 5.41) is 5.13. The van der Waals surface area contributed by atoms with Gasteiger partial charge in [0.15, 0.2) is 9.84 Å². The quantitative estimate of drug-likeness (QED) is 0.667. The summed E-state index contributed by atoms with van der Waals surface area (Å²) in [7, 11) is -0.722. The molecule has 2 aromatic carbocycles. The zero-order chi connectivity index (χ0) is 21.9. The van der Waals surface area contributed by atoms with Gasteiger partial charge in [0, 0.05) is 35.2 Å². The Bertz CT molecular complexity index is 1060. The van der Waals surface area contributed by atoms with Crippen molar-refractivity contribution in [2.45, 2.75) is 28.4 Å². The Kier molecular flexibility index (Phi) is 6.57. The number of sulfone groups is 1. The fraction of sp³-hybridized carbons (Fsp3) is 0.300. The van der Waals surface area contributed by atoms with Crippen LogP contribution in [0, 0.1) is 0 Å². The molecule has 0 saturated heterocycles. The van der Waals surface area contributed by atoms with Crippen LogP contribution in [0.15, 0.2) is 46.2 Å². The van der Waals surface area contributed by atoms with Gasteiger partial charge in [0.25, 0.3) is 0 Å². The summed E-state index contributed by atoms with van der Waals surface area (Å²) in [5.74, 6) is 0.0109. The van der Waals surface area contributed by atoms with E-state index in [1.54, 1.807) is 31.2 Å². The van der Waals surface area contributed by atoms with Gasteiger partial charge >= 0.3 is 0 Å². The highest BCUT2D eigenvalue weighted by Crippen LogP contribution is 2.37. The lowest BCUT2D eigenvalue weighted by atomic mass is 10.2. The Morgan fingerprint density at radius 3 is 2.43 bits per heavy atom. The number of benzene rings is 2. The van der Waals surface area contributed by atoms with Crippen LogP contribution < -0.4 is 20.1 Å². The SMILES string of the molecule is COc1cc(NC(=O)CCS(=O)(=O)c2ccc3c(c2)NC(=O)C(C)S3)cc(OC)c1. The molecule has 0 bridgehead atoms. The van der Waals surface area contributed by atoms with E-state index < -0.39 is 15.7 Å². The molecule has 160 valence electrons. The number of ether oxygens (including phenoxy) is 2. The predicted octanol–water partition coefficient (Wildman–Crippen LogP) is 2.94. The van der Waals surface area contributed by atoms with Gasteiger partial charge < -0.3 is 20.1 Å². The average molecular weight is 451 g/mol. The zero-order valence-electron chi connectivity index (χ0n) is 16.7. The van der Waals surface area contributed by atoms with Crippen LogP contribution in [0.5, 0.6) is 11.5 Å². The van der Waals surface area contributed by atoms with Gasteiger partial charge in [-0.05, 0) is 25.1 Å². The van der Waals surface area contributed by atoms with Gasteiger partial charge in [0.1, 0.15) is 11.5 Å². The molecular weight excluding hydrogens is 428 g/mol. The van der Waals surface area contributed by atoms with E-state index in [-0.39, 0.29) is 28.2 Å². The number of hydrogen-bond donors (Lipinski definition) is 2. The smallest absolute Gasteiger partial charge is 0.237 e. The maximum absolute atomic E-state index is 12.7. The second kappa shape index (κ2) is 8.97. The predicted molar refractivity (Wildman–Crippen MR) is 115 cm³/mol. The van der Waals surface area contributed by atoms with Gasteiger partial charge in [0.2, 0.25) is 11.8 Å². The van der Waals surface area contributed by atoms with Crippen molar-refractivity contribution in [2.24, 2.45) is 0 Å². The standard InChI is InChI=1S/C20H22N2O6S2/c1-12-20(24)22-17-11-16(4-5-18(17)29-12)30(25,26)7-6-19(23)21-13-8-14(27-2)10-15(9-13)28-3/h4-5,8-12H,6-7H2,1-3H3,(H,21,23)(H,22,24). The molecule has 10 heteroatoms. The minimum atomic E-state index is -3.71. The van der Waals surface area contributed by atoms with E-state index in [9.17, 15) is 18.0 Å². The molecule has 8 nitrogen and oxygen atoms in total. The van der Waals surface area contributed by atoms with E-state index in [1.807, 2.05) is 0 Å². The lowest BCUT2D eigenvalue weighted by Gasteiger charge is -2.21. The van der Waals surface area contributed by atoms with E-state index >= 15 is 0 Å². The largest absolute Gasteiger partial charge is 0.497 e. The summed E-state index contributed by atoms with van der Waals surface area (Å²) in [5.41, 5.74) is 0.910. The van der Waals surface area contributed by atoms with Crippen molar-refractivity contribution < 1.29 is 27.5 Å². The summed E-state index contributed by atoms with van der Waals surface area (Å²) < 4.78 is 35.7. The minimum Gasteiger partial charge on any atom is -0.497 e. The van der Waals surface area contributed by atoms with E-state index in [1.165, 1.54) is 38.1 Å². The van der Waals surface area contributed by atoms with Crippen LogP contribution in [0.3, 0.4) is 0 Å². The maximum atomic E-state index is 12.7. The second-order valence-electron chi connectivity index (χ2n) is 6.63. The van der Waals surface area contributed by atoms with Crippen molar-refractivity contribution in [3.05, 3.63) is 36.4 Å². The lowest BCUT2D eigenvalue weighted by Crippen LogP contribution is -2.26. The molecule has 1 aliphatic rings. The number of nitrogens with one attached hydrogen (secondary N) is 2. The fourth-order valence-corrected chi connectivity index (χ4v) is 5.02. The summed E-state index contributed by atoms with van der Waals surface area (Å²) in [6.07, 6.45) is -0.225. The molecule has 0 fully saturated rings. The molecule has 2 aromatic rings.